The van der Waals surface area contributed by atoms with Crippen LogP contribution in [0.2, 0.25) is 0 Å². The largest absolute Gasteiger partial charge is 0.497 e. The lowest BCUT2D eigenvalue weighted by atomic mass is 9.41. The zero-order valence-electron chi connectivity index (χ0n) is 18.9. The Morgan fingerprint density at radius 2 is 1.91 bits per heavy atom. The van der Waals surface area contributed by atoms with Gasteiger partial charge in [-0.2, -0.15) is 0 Å². The summed E-state index contributed by atoms with van der Waals surface area (Å²) in [6, 6.07) is 15.7. The summed E-state index contributed by atoms with van der Waals surface area (Å²) < 4.78 is 18.7. The fraction of sp³-hybridized carbons (Fsp3) is 0.429. The first-order valence-corrected chi connectivity index (χ1v) is 11.7. The standard InChI is InChI=1S/C28H29NO3/c1-29-14-13-28-24-18-9-10-21(30-2)25(24)32-26(28)22(31-3)16-20-19(17-7-5-4-6-8-17)11-12-27(20,28)23(29)15-18/h4-11,16,20,23,26H,12-15H2,1-3H3/t20-,23-,26+,27+,28+/m1/s1. The quantitative estimate of drug-likeness (QED) is 0.717. The first-order chi connectivity index (χ1) is 15.7. The van der Waals surface area contributed by atoms with Gasteiger partial charge in [0.15, 0.2) is 17.6 Å². The van der Waals surface area contributed by atoms with Gasteiger partial charge < -0.3 is 19.1 Å². The molecule has 5 aliphatic rings. The average Bonchev–Trinajstić information content (AvgIpc) is 3.37. The highest BCUT2D eigenvalue weighted by Gasteiger charge is 2.75. The molecule has 7 rings (SSSR count). The van der Waals surface area contributed by atoms with Crippen LogP contribution < -0.4 is 9.47 Å². The Morgan fingerprint density at radius 1 is 1.06 bits per heavy atom. The molecule has 0 radical (unpaired) electrons. The number of piperidine rings is 1. The van der Waals surface area contributed by atoms with Crippen molar-refractivity contribution in [1.29, 1.82) is 0 Å². The summed E-state index contributed by atoms with van der Waals surface area (Å²) in [5.74, 6) is 3.08. The van der Waals surface area contributed by atoms with E-state index in [-0.39, 0.29) is 16.9 Å². The number of ether oxygens (including phenoxy) is 3. The van der Waals surface area contributed by atoms with Crippen LogP contribution >= 0.6 is 0 Å². The molecular weight excluding hydrogens is 398 g/mol. The van der Waals surface area contributed by atoms with Crippen LogP contribution in [0.15, 0.2) is 60.4 Å². The molecule has 0 aromatic heterocycles. The Balaban J connectivity index is 1.54. The Kier molecular flexibility index (Phi) is 3.64. The second kappa shape index (κ2) is 6.20. The van der Waals surface area contributed by atoms with Gasteiger partial charge in [0, 0.05) is 22.9 Å². The van der Waals surface area contributed by atoms with Gasteiger partial charge in [-0.05, 0) is 61.7 Å². The Morgan fingerprint density at radius 3 is 2.69 bits per heavy atom. The van der Waals surface area contributed by atoms with Crippen LogP contribution in [-0.4, -0.2) is 44.9 Å². The van der Waals surface area contributed by atoms with Crippen LogP contribution in [-0.2, 0) is 16.6 Å². The van der Waals surface area contributed by atoms with Crippen LogP contribution in [0.4, 0.5) is 0 Å². The number of rotatable bonds is 3. The maximum Gasteiger partial charge on any atom is 0.166 e. The predicted molar refractivity (Wildman–Crippen MR) is 124 cm³/mol. The van der Waals surface area contributed by atoms with Crippen LogP contribution in [0.5, 0.6) is 11.5 Å². The molecule has 32 heavy (non-hydrogen) atoms. The van der Waals surface area contributed by atoms with E-state index in [1.54, 1.807) is 14.2 Å². The number of nitrogens with zero attached hydrogens (tertiary/aromatic N) is 1. The van der Waals surface area contributed by atoms with E-state index in [0.717, 1.165) is 43.1 Å². The van der Waals surface area contributed by atoms with Crippen molar-refractivity contribution < 1.29 is 14.2 Å². The zero-order chi connectivity index (χ0) is 21.7. The summed E-state index contributed by atoms with van der Waals surface area (Å²) in [6.45, 7) is 1.08. The van der Waals surface area contributed by atoms with Gasteiger partial charge in [0.25, 0.3) is 0 Å². The second-order valence-corrected chi connectivity index (χ2v) is 10.1. The third-order valence-electron chi connectivity index (χ3n) is 9.27. The van der Waals surface area contributed by atoms with E-state index in [1.807, 2.05) is 0 Å². The molecule has 2 bridgehead atoms. The molecule has 2 aliphatic heterocycles. The molecule has 1 fully saturated rings. The number of methoxy groups -OCH3 is 2. The number of benzene rings is 2. The number of hydrogen-bond donors (Lipinski definition) is 0. The van der Waals surface area contributed by atoms with Crippen LogP contribution in [0, 0.1) is 11.3 Å². The molecule has 0 unspecified atom stereocenters. The SMILES string of the molecule is COC1=C[C@@H]2C(c3ccccc3)=CC[C@@]23[C@H]2Cc4ccc(OC)c5c4[C@@]3(CCN2C)[C@H]1O5. The zero-order valence-corrected chi connectivity index (χ0v) is 18.9. The topological polar surface area (TPSA) is 30.9 Å². The molecule has 4 heteroatoms. The van der Waals surface area contributed by atoms with Gasteiger partial charge >= 0.3 is 0 Å². The molecule has 0 amide bonds. The van der Waals surface area contributed by atoms with Crippen molar-refractivity contribution >= 4 is 5.57 Å². The first-order valence-electron chi connectivity index (χ1n) is 11.7. The molecular formula is C28H29NO3. The number of hydrogen-bond acceptors (Lipinski definition) is 4. The normalized spacial score (nSPS) is 35.9. The molecule has 3 aliphatic carbocycles. The maximum absolute atomic E-state index is 6.82. The van der Waals surface area contributed by atoms with Gasteiger partial charge in [-0.15, -0.1) is 0 Å². The third-order valence-corrected chi connectivity index (χ3v) is 9.27. The lowest BCUT2D eigenvalue weighted by Crippen LogP contribution is -2.71. The average molecular weight is 428 g/mol. The van der Waals surface area contributed by atoms with Crippen molar-refractivity contribution in [2.24, 2.45) is 11.3 Å². The Labute approximate surface area is 189 Å². The summed E-state index contributed by atoms with van der Waals surface area (Å²) in [6.07, 6.45) is 8.02. The van der Waals surface area contributed by atoms with E-state index >= 15 is 0 Å². The molecule has 5 atom stereocenters. The number of likely N-dealkylation sites (N-methyl/N-ethyl adjacent to an activating group) is 1. The van der Waals surface area contributed by atoms with Crippen molar-refractivity contribution in [3.63, 3.8) is 0 Å². The maximum atomic E-state index is 6.82. The molecule has 1 saturated heterocycles. The van der Waals surface area contributed by atoms with E-state index in [9.17, 15) is 0 Å². The highest BCUT2D eigenvalue weighted by molar-refractivity contribution is 5.76. The highest BCUT2D eigenvalue weighted by atomic mass is 16.6. The van der Waals surface area contributed by atoms with Gasteiger partial charge in [0.2, 0.25) is 0 Å². The van der Waals surface area contributed by atoms with Crippen molar-refractivity contribution in [3.8, 4) is 11.5 Å². The van der Waals surface area contributed by atoms with Gasteiger partial charge in [-0.1, -0.05) is 42.5 Å². The molecule has 0 saturated carbocycles. The molecule has 2 heterocycles. The van der Waals surface area contributed by atoms with E-state index in [2.05, 4.69) is 66.6 Å². The van der Waals surface area contributed by atoms with E-state index in [4.69, 9.17) is 14.2 Å². The van der Waals surface area contributed by atoms with Gasteiger partial charge in [0.05, 0.1) is 19.6 Å². The molecule has 2 aromatic rings. The summed E-state index contributed by atoms with van der Waals surface area (Å²) in [5.41, 5.74) is 5.56. The van der Waals surface area contributed by atoms with Crippen molar-refractivity contribution in [1.82, 2.24) is 4.90 Å². The van der Waals surface area contributed by atoms with Crippen LogP contribution in [0.3, 0.4) is 0 Å². The lowest BCUT2D eigenvalue weighted by molar-refractivity contribution is -0.108. The van der Waals surface area contributed by atoms with Crippen LogP contribution in [0.1, 0.15) is 29.5 Å². The molecule has 2 spiro atoms. The molecule has 0 N–H and O–H groups in total. The minimum atomic E-state index is -0.0978. The lowest BCUT2D eigenvalue weighted by Gasteiger charge is -2.65. The summed E-state index contributed by atoms with van der Waals surface area (Å²) in [4.78, 5) is 2.62. The monoisotopic (exact) mass is 427 g/mol. The second-order valence-electron chi connectivity index (χ2n) is 10.1. The van der Waals surface area contributed by atoms with Gasteiger partial charge in [-0.3, -0.25) is 0 Å². The summed E-state index contributed by atoms with van der Waals surface area (Å²) >= 11 is 0. The first kappa shape index (κ1) is 18.8. The third kappa shape index (κ3) is 1.91. The highest BCUT2D eigenvalue weighted by Crippen LogP contribution is 2.74. The van der Waals surface area contributed by atoms with Crippen LogP contribution in [0.25, 0.3) is 5.57 Å². The molecule has 2 aromatic carbocycles. The van der Waals surface area contributed by atoms with Crippen molar-refractivity contribution in [2.75, 3.05) is 27.8 Å². The molecule has 164 valence electrons. The molecule has 4 nitrogen and oxygen atoms in total. The smallest absolute Gasteiger partial charge is 0.166 e. The summed E-state index contributed by atoms with van der Waals surface area (Å²) in [7, 11) is 5.87. The fourth-order valence-electron chi connectivity index (χ4n) is 8.11. The van der Waals surface area contributed by atoms with E-state index in [0.29, 0.717) is 12.0 Å². The van der Waals surface area contributed by atoms with E-state index in [1.165, 1.54) is 22.3 Å². The Hall–Kier alpha value is -2.72. The predicted octanol–water partition coefficient (Wildman–Crippen LogP) is 4.59. The summed E-state index contributed by atoms with van der Waals surface area (Å²) in [5, 5.41) is 0. The van der Waals surface area contributed by atoms with Crippen molar-refractivity contribution in [3.05, 3.63) is 77.1 Å². The minimum Gasteiger partial charge on any atom is -0.497 e. The Bertz CT molecular complexity index is 1180. The van der Waals surface area contributed by atoms with Crippen molar-refractivity contribution in [2.45, 2.75) is 36.8 Å². The minimum absolute atomic E-state index is 0.0580. The number of likely N-dealkylation sites (tertiary alicyclic amines) is 1. The van der Waals surface area contributed by atoms with Gasteiger partial charge in [0.1, 0.15) is 5.76 Å². The number of allylic oxidation sites excluding steroid dienone is 3. The van der Waals surface area contributed by atoms with E-state index < -0.39 is 0 Å². The van der Waals surface area contributed by atoms with Gasteiger partial charge in [-0.25, -0.2) is 0 Å². The fourth-order valence-corrected chi connectivity index (χ4v) is 8.11.